The van der Waals surface area contributed by atoms with Gasteiger partial charge in [0.15, 0.2) is 0 Å². The van der Waals surface area contributed by atoms with Crippen molar-refractivity contribution in [1.29, 1.82) is 0 Å². The van der Waals surface area contributed by atoms with Gasteiger partial charge in [-0.2, -0.15) is 0 Å². The van der Waals surface area contributed by atoms with Crippen LogP contribution in [0.3, 0.4) is 0 Å². The van der Waals surface area contributed by atoms with Crippen molar-refractivity contribution in [2.75, 3.05) is 26.9 Å². The highest BCUT2D eigenvalue weighted by molar-refractivity contribution is 6.46. The van der Waals surface area contributed by atoms with Crippen LogP contribution in [0.1, 0.15) is 62.8 Å². The van der Waals surface area contributed by atoms with Gasteiger partial charge in [-0.3, -0.25) is 14.4 Å². The summed E-state index contributed by atoms with van der Waals surface area (Å²) in [7, 11) is 1.56. The summed E-state index contributed by atoms with van der Waals surface area (Å²) in [5, 5.41) is 11.4. The molecular formula is C28H33NO7. The molecule has 1 saturated heterocycles. The zero-order valence-corrected chi connectivity index (χ0v) is 21.4. The van der Waals surface area contributed by atoms with E-state index in [0.717, 1.165) is 5.56 Å². The van der Waals surface area contributed by atoms with E-state index in [1.54, 1.807) is 49.6 Å². The van der Waals surface area contributed by atoms with Crippen LogP contribution in [0.25, 0.3) is 5.76 Å². The third-order valence-electron chi connectivity index (χ3n) is 5.93. The zero-order valence-electron chi connectivity index (χ0n) is 21.4. The van der Waals surface area contributed by atoms with Crippen molar-refractivity contribution in [3.05, 3.63) is 64.7 Å². The van der Waals surface area contributed by atoms with Gasteiger partial charge in [0.25, 0.3) is 11.7 Å². The van der Waals surface area contributed by atoms with E-state index in [-0.39, 0.29) is 29.5 Å². The van der Waals surface area contributed by atoms with Crippen LogP contribution in [-0.4, -0.2) is 54.5 Å². The molecule has 1 aliphatic heterocycles. The number of aliphatic hydroxyl groups excluding tert-OH is 1. The van der Waals surface area contributed by atoms with Gasteiger partial charge in [0.2, 0.25) is 0 Å². The van der Waals surface area contributed by atoms with Gasteiger partial charge in [-0.1, -0.05) is 26.0 Å². The lowest BCUT2D eigenvalue weighted by Gasteiger charge is -2.25. The Labute approximate surface area is 211 Å². The van der Waals surface area contributed by atoms with Crippen molar-refractivity contribution >= 4 is 23.4 Å². The molecule has 192 valence electrons. The van der Waals surface area contributed by atoms with Crippen LogP contribution in [0.4, 0.5) is 0 Å². The van der Waals surface area contributed by atoms with Gasteiger partial charge < -0.3 is 24.2 Å². The van der Waals surface area contributed by atoms with Crippen molar-refractivity contribution < 1.29 is 33.7 Å². The van der Waals surface area contributed by atoms with Crippen molar-refractivity contribution in [2.45, 2.75) is 46.1 Å². The highest BCUT2D eigenvalue weighted by Gasteiger charge is 2.46. The summed E-state index contributed by atoms with van der Waals surface area (Å²) in [6.07, 6.45) is 0.504. The summed E-state index contributed by atoms with van der Waals surface area (Å²) in [5.41, 5.74) is 1.82. The summed E-state index contributed by atoms with van der Waals surface area (Å²) >= 11 is 0. The molecule has 0 saturated carbocycles. The van der Waals surface area contributed by atoms with Gasteiger partial charge in [-0.05, 0) is 60.7 Å². The number of amides is 1. The summed E-state index contributed by atoms with van der Waals surface area (Å²) in [6.45, 7) is 8.36. The third-order valence-corrected chi connectivity index (χ3v) is 5.93. The molecule has 2 aromatic rings. The molecule has 0 spiro atoms. The first kappa shape index (κ1) is 26.9. The van der Waals surface area contributed by atoms with Gasteiger partial charge in [0, 0.05) is 32.7 Å². The average molecular weight is 496 g/mol. The third kappa shape index (κ3) is 5.76. The van der Waals surface area contributed by atoms with Gasteiger partial charge >= 0.3 is 5.97 Å². The number of carbonyl (C=O) groups is 3. The number of carbonyl (C=O) groups excluding carboxylic acids is 3. The predicted octanol–water partition coefficient (Wildman–Crippen LogP) is 4.59. The van der Waals surface area contributed by atoms with Crippen LogP contribution < -0.4 is 9.47 Å². The van der Waals surface area contributed by atoms with E-state index in [2.05, 4.69) is 0 Å². The Morgan fingerprint density at radius 3 is 2.53 bits per heavy atom. The quantitative estimate of drug-likeness (QED) is 0.128. The minimum atomic E-state index is -0.855. The van der Waals surface area contributed by atoms with Gasteiger partial charge in [-0.25, -0.2) is 0 Å². The first-order valence-electron chi connectivity index (χ1n) is 12.0. The largest absolute Gasteiger partial charge is 0.507 e. The lowest BCUT2D eigenvalue weighted by molar-refractivity contribution is -0.140. The van der Waals surface area contributed by atoms with E-state index < -0.39 is 23.7 Å². The molecule has 8 nitrogen and oxygen atoms in total. The Bertz CT molecular complexity index is 1170. The van der Waals surface area contributed by atoms with E-state index in [1.165, 1.54) is 11.8 Å². The van der Waals surface area contributed by atoms with Gasteiger partial charge in [-0.15, -0.1) is 0 Å². The molecule has 3 rings (SSSR count). The molecule has 0 bridgehead atoms. The number of likely N-dealkylation sites (tertiary alicyclic amines) is 1. The maximum atomic E-state index is 13.2. The standard InChI is InChI=1S/C28H33NO7/c1-6-35-23-12-11-20(16-22(23)17(2)3)26(31)24-25(19-9-7-10-21(15-19)36-18(4)30)29(13-8-14-34-5)28(33)27(24)32/h7,9-12,15-17,25,31H,6,8,13-14H2,1-5H3/b26-24+. The fourth-order valence-electron chi connectivity index (χ4n) is 4.34. The second-order valence-electron chi connectivity index (χ2n) is 8.85. The van der Waals surface area contributed by atoms with Crippen LogP contribution >= 0.6 is 0 Å². The number of benzene rings is 2. The Balaban J connectivity index is 2.17. The normalized spacial score (nSPS) is 17.1. The molecule has 0 radical (unpaired) electrons. The highest BCUT2D eigenvalue weighted by Crippen LogP contribution is 2.41. The van der Waals surface area contributed by atoms with Crippen LogP contribution in [-0.2, 0) is 19.1 Å². The Morgan fingerprint density at radius 1 is 1.14 bits per heavy atom. The first-order chi connectivity index (χ1) is 17.2. The van der Waals surface area contributed by atoms with Crippen molar-refractivity contribution in [3.63, 3.8) is 0 Å². The summed E-state index contributed by atoms with van der Waals surface area (Å²) in [5.74, 6) is -1.14. The van der Waals surface area contributed by atoms with E-state index >= 15 is 0 Å². The number of aliphatic hydroxyl groups is 1. The first-order valence-corrected chi connectivity index (χ1v) is 12.0. The number of ketones is 1. The predicted molar refractivity (Wildman–Crippen MR) is 135 cm³/mol. The van der Waals surface area contributed by atoms with E-state index in [1.807, 2.05) is 20.8 Å². The number of ether oxygens (including phenoxy) is 3. The monoisotopic (exact) mass is 495 g/mol. The van der Waals surface area contributed by atoms with Crippen molar-refractivity contribution in [2.24, 2.45) is 0 Å². The smallest absolute Gasteiger partial charge is 0.308 e. The maximum Gasteiger partial charge on any atom is 0.308 e. The maximum absolute atomic E-state index is 13.2. The molecule has 1 amide bonds. The molecule has 36 heavy (non-hydrogen) atoms. The second-order valence-corrected chi connectivity index (χ2v) is 8.85. The number of nitrogens with zero attached hydrogens (tertiary/aromatic N) is 1. The average Bonchev–Trinajstić information content (AvgIpc) is 3.09. The van der Waals surface area contributed by atoms with Gasteiger partial charge in [0.05, 0.1) is 18.2 Å². The van der Waals surface area contributed by atoms with Gasteiger partial charge in [0.1, 0.15) is 17.3 Å². The fraction of sp³-hybridized carbons (Fsp3) is 0.393. The van der Waals surface area contributed by atoms with E-state index in [0.29, 0.717) is 36.5 Å². The summed E-state index contributed by atoms with van der Waals surface area (Å²) < 4.78 is 16.1. The Kier molecular flexibility index (Phi) is 8.88. The number of methoxy groups -OCH3 is 1. The van der Waals surface area contributed by atoms with Crippen molar-refractivity contribution in [1.82, 2.24) is 4.90 Å². The molecule has 0 aromatic heterocycles. The lowest BCUT2D eigenvalue weighted by Crippen LogP contribution is -2.31. The number of Topliss-reactive ketones (excluding diaryl/α,β-unsaturated/α-hetero) is 1. The molecule has 1 N–H and O–H groups in total. The van der Waals surface area contributed by atoms with Crippen LogP contribution in [0.2, 0.25) is 0 Å². The Hall–Kier alpha value is -3.65. The summed E-state index contributed by atoms with van der Waals surface area (Å²) in [6, 6.07) is 11.0. The Morgan fingerprint density at radius 2 is 1.89 bits per heavy atom. The van der Waals surface area contributed by atoms with E-state index in [4.69, 9.17) is 14.2 Å². The number of hydrogen-bond donors (Lipinski definition) is 1. The molecule has 1 atom stereocenters. The van der Waals surface area contributed by atoms with E-state index in [9.17, 15) is 19.5 Å². The molecule has 8 heteroatoms. The topological polar surface area (TPSA) is 102 Å². The minimum Gasteiger partial charge on any atom is -0.507 e. The van der Waals surface area contributed by atoms with Crippen LogP contribution in [0.15, 0.2) is 48.0 Å². The number of hydrogen-bond acceptors (Lipinski definition) is 7. The molecule has 1 fully saturated rings. The molecule has 1 heterocycles. The fourth-order valence-corrected chi connectivity index (χ4v) is 4.34. The lowest BCUT2D eigenvalue weighted by atomic mass is 9.93. The molecule has 2 aromatic carbocycles. The minimum absolute atomic E-state index is 0.0174. The molecule has 1 unspecified atom stereocenters. The SMILES string of the molecule is CCOc1ccc(/C(O)=C2\C(=O)C(=O)N(CCCOC)C2c2cccc(OC(C)=O)c2)cc1C(C)C. The number of rotatable bonds is 10. The molecular weight excluding hydrogens is 462 g/mol. The highest BCUT2D eigenvalue weighted by atomic mass is 16.5. The van der Waals surface area contributed by atoms with Crippen LogP contribution in [0, 0.1) is 0 Å². The van der Waals surface area contributed by atoms with Crippen molar-refractivity contribution in [3.8, 4) is 11.5 Å². The second kappa shape index (κ2) is 11.9. The number of esters is 1. The van der Waals surface area contributed by atoms with Crippen LogP contribution in [0.5, 0.6) is 11.5 Å². The molecule has 1 aliphatic rings. The molecule has 0 aliphatic carbocycles. The zero-order chi connectivity index (χ0) is 26.4. The summed E-state index contributed by atoms with van der Waals surface area (Å²) in [4.78, 5) is 39.3.